The lowest BCUT2D eigenvalue weighted by Gasteiger charge is -2.29. The van der Waals surface area contributed by atoms with E-state index in [2.05, 4.69) is 28.8 Å². The third-order valence-corrected chi connectivity index (χ3v) is 4.62. The summed E-state index contributed by atoms with van der Waals surface area (Å²) in [6, 6.07) is 0. The molecule has 1 fully saturated rings. The van der Waals surface area contributed by atoms with E-state index in [1.165, 1.54) is 77.4 Å². The molecule has 0 aromatic rings. The van der Waals surface area contributed by atoms with Crippen LogP contribution in [0.3, 0.4) is 0 Å². The summed E-state index contributed by atoms with van der Waals surface area (Å²) >= 11 is 0. The van der Waals surface area contributed by atoms with E-state index in [0.29, 0.717) is 0 Å². The lowest BCUT2D eigenvalue weighted by atomic mass is 10.1. The molecule has 0 aromatic heterocycles. The Bertz CT molecular complexity index is 286. The van der Waals surface area contributed by atoms with Crippen molar-refractivity contribution in [1.82, 2.24) is 9.80 Å². The van der Waals surface area contributed by atoms with Gasteiger partial charge in [-0.05, 0) is 58.2 Å². The van der Waals surface area contributed by atoms with Crippen LogP contribution in [0.15, 0.2) is 5.16 Å². The van der Waals surface area contributed by atoms with Gasteiger partial charge in [0.1, 0.15) is 5.84 Å². The Morgan fingerprint density at radius 3 is 2.27 bits per heavy atom. The molecule has 0 bridgehead atoms. The Morgan fingerprint density at radius 1 is 0.955 bits per heavy atom. The number of piperidine rings is 1. The van der Waals surface area contributed by atoms with Crippen LogP contribution < -0.4 is 0 Å². The van der Waals surface area contributed by atoms with E-state index in [4.69, 9.17) is 5.21 Å². The molecule has 0 aromatic carbocycles. The zero-order chi connectivity index (χ0) is 16.0. The van der Waals surface area contributed by atoms with Crippen molar-refractivity contribution < 1.29 is 5.21 Å². The van der Waals surface area contributed by atoms with Crippen LogP contribution in [0.4, 0.5) is 0 Å². The van der Waals surface area contributed by atoms with Crippen LogP contribution in [-0.4, -0.2) is 53.6 Å². The molecule has 4 nitrogen and oxygen atoms in total. The van der Waals surface area contributed by atoms with E-state index >= 15 is 0 Å². The summed E-state index contributed by atoms with van der Waals surface area (Å²) < 4.78 is 0. The van der Waals surface area contributed by atoms with Gasteiger partial charge in [0, 0.05) is 19.5 Å². The second-order valence-electron chi connectivity index (χ2n) is 6.57. The van der Waals surface area contributed by atoms with Crippen LogP contribution in [0, 0.1) is 0 Å². The molecule has 0 saturated carbocycles. The number of rotatable bonds is 12. The van der Waals surface area contributed by atoms with E-state index in [9.17, 15) is 0 Å². The second-order valence-corrected chi connectivity index (χ2v) is 6.57. The Balaban J connectivity index is 2.13. The first-order valence-electron chi connectivity index (χ1n) is 9.50. The summed E-state index contributed by atoms with van der Waals surface area (Å²) in [7, 11) is 0. The highest BCUT2D eigenvalue weighted by Gasteiger charge is 2.16. The number of hydrogen-bond acceptors (Lipinski definition) is 3. The van der Waals surface area contributed by atoms with Crippen LogP contribution in [-0.2, 0) is 0 Å². The Morgan fingerprint density at radius 2 is 1.64 bits per heavy atom. The minimum absolute atomic E-state index is 0.902. The predicted octanol–water partition coefficient (Wildman–Crippen LogP) is 4.33. The maximum atomic E-state index is 9.04. The molecule has 0 unspecified atom stereocenters. The number of amidine groups is 1. The number of unbranched alkanes of at least 4 members (excludes halogenated alkanes) is 4. The minimum Gasteiger partial charge on any atom is -0.409 e. The highest BCUT2D eigenvalue weighted by molar-refractivity contribution is 5.82. The van der Waals surface area contributed by atoms with E-state index in [-0.39, 0.29) is 0 Å². The molecule has 0 atom stereocenters. The average Bonchev–Trinajstić information content (AvgIpc) is 2.56. The first-order chi connectivity index (χ1) is 10.8. The third kappa shape index (κ3) is 8.02. The van der Waals surface area contributed by atoms with E-state index in [1.807, 2.05) is 0 Å². The highest BCUT2D eigenvalue weighted by atomic mass is 16.4. The molecular weight excluding hydrogens is 274 g/mol. The topological polar surface area (TPSA) is 39.1 Å². The van der Waals surface area contributed by atoms with Crippen LogP contribution in [0.2, 0.25) is 0 Å². The van der Waals surface area contributed by atoms with Crippen LogP contribution >= 0.6 is 0 Å². The van der Waals surface area contributed by atoms with Crippen molar-refractivity contribution in [2.45, 2.75) is 78.1 Å². The van der Waals surface area contributed by atoms with Gasteiger partial charge in [0.05, 0.1) is 0 Å². The first-order valence-corrected chi connectivity index (χ1v) is 9.50. The molecule has 22 heavy (non-hydrogen) atoms. The first kappa shape index (κ1) is 19.3. The van der Waals surface area contributed by atoms with Gasteiger partial charge in [-0.1, -0.05) is 38.3 Å². The number of likely N-dealkylation sites (tertiary alicyclic amines) is 1. The largest absolute Gasteiger partial charge is 0.409 e. The minimum atomic E-state index is 0.902. The molecule has 130 valence electrons. The summed E-state index contributed by atoms with van der Waals surface area (Å²) in [5.74, 6) is 0.902. The molecule has 1 rings (SSSR count). The monoisotopic (exact) mass is 311 g/mol. The number of hydrogen-bond donors (Lipinski definition) is 1. The van der Waals surface area contributed by atoms with Crippen LogP contribution in [0.1, 0.15) is 78.1 Å². The van der Waals surface area contributed by atoms with Crippen molar-refractivity contribution in [1.29, 1.82) is 0 Å². The van der Waals surface area contributed by atoms with Crippen molar-refractivity contribution >= 4 is 5.84 Å². The quantitative estimate of drug-likeness (QED) is 0.331. The van der Waals surface area contributed by atoms with Crippen LogP contribution in [0.25, 0.3) is 0 Å². The smallest absolute Gasteiger partial charge is 0.144 e. The van der Waals surface area contributed by atoms with E-state index in [1.54, 1.807) is 0 Å². The fraction of sp³-hybridized carbons (Fsp3) is 0.944. The van der Waals surface area contributed by atoms with Gasteiger partial charge in [-0.2, -0.15) is 0 Å². The summed E-state index contributed by atoms with van der Waals surface area (Å²) in [4.78, 5) is 4.92. The molecular formula is C18H37N3O. The van der Waals surface area contributed by atoms with Gasteiger partial charge in [0.15, 0.2) is 0 Å². The van der Waals surface area contributed by atoms with Gasteiger partial charge in [0.2, 0.25) is 0 Å². The molecule has 0 spiro atoms. The summed E-state index contributed by atoms with van der Waals surface area (Å²) in [6.45, 7) is 10.5. The van der Waals surface area contributed by atoms with Crippen LogP contribution in [0.5, 0.6) is 0 Å². The fourth-order valence-corrected chi connectivity index (χ4v) is 3.14. The standard InChI is InChI=1S/C18H37N3O/c1-3-5-13-20(14-6-4-2)15-9-7-10-16-21-17-11-8-12-18(21)19-22/h22H,3-17H2,1-2H3. The Labute approximate surface area is 137 Å². The van der Waals surface area contributed by atoms with E-state index < -0.39 is 0 Å². The second kappa shape index (κ2) is 12.7. The predicted molar refractivity (Wildman–Crippen MR) is 94.8 cm³/mol. The number of oxime groups is 1. The van der Waals surface area contributed by atoms with Crippen molar-refractivity contribution in [3.05, 3.63) is 0 Å². The lowest BCUT2D eigenvalue weighted by molar-refractivity contribution is 0.255. The van der Waals surface area contributed by atoms with Gasteiger partial charge < -0.3 is 15.0 Å². The molecule has 1 saturated heterocycles. The van der Waals surface area contributed by atoms with Crippen molar-refractivity contribution in [2.24, 2.45) is 5.16 Å². The molecule has 1 aliphatic heterocycles. The Hall–Kier alpha value is -0.770. The fourth-order valence-electron chi connectivity index (χ4n) is 3.14. The van der Waals surface area contributed by atoms with Gasteiger partial charge in [-0.25, -0.2) is 0 Å². The molecule has 1 heterocycles. The highest BCUT2D eigenvalue weighted by Crippen LogP contribution is 2.13. The summed E-state index contributed by atoms with van der Waals surface area (Å²) in [5, 5.41) is 12.5. The number of nitrogens with zero attached hydrogens (tertiary/aromatic N) is 3. The van der Waals surface area contributed by atoms with Gasteiger partial charge in [-0.15, -0.1) is 0 Å². The molecule has 4 heteroatoms. The lowest BCUT2D eigenvalue weighted by Crippen LogP contribution is -2.36. The van der Waals surface area contributed by atoms with Gasteiger partial charge in [-0.3, -0.25) is 0 Å². The van der Waals surface area contributed by atoms with Gasteiger partial charge in [0.25, 0.3) is 0 Å². The summed E-state index contributed by atoms with van der Waals surface area (Å²) in [6.07, 6.45) is 12.4. The van der Waals surface area contributed by atoms with Gasteiger partial charge >= 0.3 is 0 Å². The molecule has 0 radical (unpaired) electrons. The van der Waals surface area contributed by atoms with Crippen molar-refractivity contribution in [3.8, 4) is 0 Å². The zero-order valence-corrected chi connectivity index (χ0v) is 14.9. The molecule has 1 N–H and O–H groups in total. The zero-order valence-electron chi connectivity index (χ0n) is 14.9. The molecule has 0 amide bonds. The normalized spacial score (nSPS) is 17.6. The van der Waals surface area contributed by atoms with Crippen molar-refractivity contribution in [2.75, 3.05) is 32.7 Å². The van der Waals surface area contributed by atoms with Crippen molar-refractivity contribution in [3.63, 3.8) is 0 Å². The Kier molecular flexibility index (Phi) is 11.2. The maximum absolute atomic E-state index is 9.04. The molecule has 0 aliphatic carbocycles. The molecule has 1 aliphatic rings. The maximum Gasteiger partial charge on any atom is 0.144 e. The summed E-state index contributed by atoms with van der Waals surface area (Å²) in [5.41, 5.74) is 0. The van der Waals surface area contributed by atoms with E-state index in [0.717, 1.165) is 25.3 Å². The SMILES string of the molecule is CCCCN(CCCC)CCCCCN1CCCCC1=NO. The average molecular weight is 312 g/mol. The third-order valence-electron chi connectivity index (χ3n) is 4.62.